The summed E-state index contributed by atoms with van der Waals surface area (Å²) in [5.74, 6) is 0.670. The Bertz CT molecular complexity index is 622. The second-order valence-corrected chi connectivity index (χ2v) is 6.00. The van der Waals surface area contributed by atoms with Crippen LogP contribution in [0.5, 0.6) is 0 Å². The number of carbonyl (C=O) groups excluding carboxylic acids is 1. The molecular weight excluding hydrogens is 268 g/mol. The lowest BCUT2D eigenvalue weighted by Gasteiger charge is -2.24. The Morgan fingerprint density at radius 2 is 1.75 bits per heavy atom. The molecule has 4 heteroatoms. The lowest BCUT2D eigenvalue weighted by atomic mass is 10.1. The van der Waals surface area contributed by atoms with Gasteiger partial charge in [0.2, 0.25) is 5.91 Å². The van der Waals surface area contributed by atoms with E-state index < -0.39 is 0 Å². The third-order valence-electron chi connectivity index (χ3n) is 3.40. The summed E-state index contributed by atoms with van der Waals surface area (Å²) in [4.78, 5) is 14.1. The smallest absolute Gasteiger partial charge is 0.238 e. The van der Waals surface area contributed by atoms with Crippen molar-refractivity contribution in [1.82, 2.24) is 0 Å². The molecule has 0 saturated carbocycles. The highest BCUT2D eigenvalue weighted by atomic mass is 32.2. The molecule has 0 unspecified atom stereocenters. The van der Waals surface area contributed by atoms with Crippen molar-refractivity contribution < 1.29 is 4.79 Å². The summed E-state index contributed by atoms with van der Waals surface area (Å²) >= 11 is 1.65. The van der Waals surface area contributed by atoms with Gasteiger partial charge in [-0.3, -0.25) is 9.69 Å². The Labute approximate surface area is 122 Å². The summed E-state index contributed by atoms with van der Waals surface area (Å²) in [6.45, 7) is 2.04. The van der Waals surface area contributed by atoms with Crippen molar-refractivity contribution in [3.05, 3.63) is 59.7 Å². The SMILES string of the molecule is Cc1ccc(N2C(=O)CS[C@@H]2c2ccc(N)cc2)cc1. The number of carbonyl (C=O) groups is 1. The molecule has 1 saturated heterocycles. The van der Waals surface area contributed by atoms with Crippen LogP contribution in [-0.2, 0) is 4.79 Å². The van der Waals surface area contributed by atoms with Gasteiger partial charge < -0.3 is 5.73 Å². The van der Waals surface area contributed by atoms with Crippen LogP contribution in [-0.4, -0.2) is 11.7 Å². The fourth-order valence-corrected chi connectivity index (χ4v) is 3.49. The Morgan fingerprint density at radius 1 is 1.10 bits per heavy atom. The summed E-state index contributed by atoms with van der Waals surface area (Å²) in [5.41, 5.74) is 9.72. The zero-order valence-corrected chi connectivity index (χ0v) is 12.1. The lowest BCUT2D eigenvalue weighted by Crippen LogP contribution is -2.27. The van der Waals surface area contributed by atoms with Crippen molar-refractivity contribution in [2.45, 2.75) is 12.3 Å². The molecule has 2 aromatic carbocycles. The molecule has 102 valence electrons. The number of benzene rings is 2. The van der Waals surface area contributed by atoms with E-state index in [1.165, 1.54) is 5.56 Å². The third kappa shape index (κ3) is 2.39. The quantitative estimate of drug-likeness (QED) is 0.860. The molecule has 0 bridgehead atoms. The van der Waals surface area contributed by atoms with E-state index in [0.29, 0.717) is 5.75 Å². The molecule has 0 radical (unpaired) electrons. The predicted octanol–water partition coefficient (Wildman–Crippen LogP) is 3.36. The summed E-state index contributed by atoms with van der Waals surface area (Å²) in [7, 11) is 0. The molecular formula is C16H16N2OS. The average Bonchev–Trinajstić information content (AvgIpc) is 2.83. The molecule has 1 atom stereocenters. The molecule has 1 heterocycles. The van der Waals surface area contributed by atoms with Gasteiger partial charge in [-0.2, -0.15) is 0 Å². The van der Waals surface area contributed by atoms with E-state index in [-0.39, 0.29) is 11.3 Å². The first-order chi connectivity index (χ1) is 9.65. The molecule has 2 N–H and O–H groups in total. The van der Waals surface area contributed by atoms with Crippen molar-refractivity contribution in [3.63, 3.8) is 0 Å². The number of nitrogens with two attached hydrogens (primary N) is 1. The van der Waals surface area contributed by atoms with Crippen LogP contribution in [0, 0.1) is 6.92 Å². The number of anilines is 2. The number of nitrogen functional groups attached to an aromatic ring is 1. The monoisotopic (exact) mass is 284 g/mol. The highest BCUT2D eigenvalue weighted by Crippen LogP contribution is 2.41. The van der Waals surface area contributed by atoms with E-state index in [1.807, 2.05) is 60.4 Å². The molecule has 1 aliphatic rings. The highest BCUT2D eigenvalue weighted by molar-refractivity contribution is 8.00. The second kappa shape index (κ2) is 5.21. The minimum absolute atomic E-state index is 0.0332. The predicted molar refractivity (Wildman–Crippen MR) is 84.7 cm³/mol. The summed E-state index contributed by atoms with van der Waals surface area (Å²) in [5, 5.41) is 0.0332. The number of nitrogens with zero attached hydrogens (tertiary/aromatic N) is 1. The van der Waals surface area contributed by atoms with Crippen molar-refractivity contribution >= 4 is 29.0 Å². The molecule has 0 aliphatic carbocycles. The molecule has 0 spiro atoms. The van der Waals surface area contributed by atoms with Crippen LogP contribution in [0.4, 0.5) is 11.4 Å². The molecule has 1 fully saturated rings. The van der Waals surface area contributed by atoms with Gasteiger partial charge in [-0.15, -0.1) is 11.8 Å². The van der Waals surface area contributed by atoms with Crippen molar-refractivity contribution in [1.29, 1.82) is 0 Å². The largest absolute Gasteiger partial charge is 0.399 e. The van der Waals surface area contributed by atoms with Gasteiger partial charge in [-0.1, -0.05) is 29.8 Å². The van der Waals surface area contributed by atoms with Crippen LogP contribution in [0.1, 0.15) is 16.5 Å². The standard InChI is InChI=1S/C16H16N2OS/c1-11-2-8-14(9-3-11)18-15(19)10-20-16(18)12-4-6-13(17)7-5-12/h2-9,16H,10,17H2,1H3/t16-/m1/s1. The van der Waals surface area contributed by atoms with E-state index in [4.69, 9.17) is 5.73 Å². The van der Waals surface area contributed by atoms with E-state index in [9.17, 15) is 4.79 Å². The molecule has 1 amide bonds. The third-order valence-corrected chi connectivity index (χ3v) is 4.61. The number of hydrogen-bond donors (Lipinski definition) is 1. The van der Waals surface area contributed by atoms with Crippen molar-refractivity contribution in [3.8, 4) is 0 Å². The lowest BCUT2D eigenvalue weighted by molar-refractivity contribution is -0.115. The van der Waals surface area contributed by atoms with Gasteiger partial charge in [-0.05, 0) is 36.8 Å². The Kier molecular flexibility index (Phi) is 3.40. The van der Waals surface area contributed by atoms with Gasteiger partial charge >= 0.3 is 0 Å². The zero-order chi connectivity index (χ0) is 14.1. The number of hydrogen-bond acceptors (Lipinski definition) is 3. The van der Waals surface area contributed by atoms with Crippen molar-refractivity contribution in [2.24, 2.45) is 0 Å². The number of aryl methyl sites for hydroxylation is 1. The molecule has 1 aliphatic heterocycles. The second-order valence-electron chi connectivity index (χ2n) is 4.93. The Morgan fingerprint density at radius 3 is 2.40 bits per heavy atom. The van der Waals surface area contributed by atoms with Crippen LogP contribution in [0.3, 0.4) is 0 Å². The van der Waals surface area contributed by atoms with Crippen LogP contribution >= 0.6 is 11.8 Å². The molecule has 3 nitrogen and oxygen atoms in total. The number of rotatable bonds is 2. The molecule has 3 rings (SSSR count). The number of amides is 1. The minimum Gasteiger partial charge on any atom is -0.399 e. The fourth-order valence-electron chi connectivity index (χ4n) is 2.32. The first-order valence-corrected chi connectivity index (χ1v) is 7.56. The Hall–Kier alpha value is -1.94. The van der Waals surface area contributed by atoms with Crippen LogP contribution in [0.15, 0.2) is 48.5 Å². The van der Waals surface area contributed by atoms with E-state index in [0.717, 1.165) is 16.9 Å². The minimum atomic E-state index is 0.0332. The van der Waals surface area contributed by atoms with Crippen LogP contribution in [0.2, 0.25) is 0 Å². The summed E-state index contributed by atoms with van der Waals surface area (Å²) < 4.78 is 0. The van der Waals surface area contributed by atoms with Gasteiger partial charge in [0.1, 0.15) is 5.37 Å². The van der Waals surface area contributed by atoms with Crippen LogP contribution < -0.4 is 10.6 Å². The molecule has 0 aromatic heterocycles. The maximum Gasteiger partial charge on any atom is 0.238 e. The normalized spacial score (nSPS) is 18.6. The van der Waals surface area contributed by atoms with Gasteiger partial charge in [0.25, 0.3) is 0 Å². The van der Waals surface area contributed by atoms with Gasteiger partial charge in [0, 0.05) is 11.4 Å². The van der Waals surface area contributed by atoms with E-state index in [1.54, 1.807) is 11.8 Å². The van der Waals surface area contributed by atoms with Crippen molar-refractivity contribution in [2.75, 3.05) is 16.4 Å². The fraction of sp³-hybridized carbons (Fsp3) is 0.188. The first kappa shape index (κ1) is 13.1. The molecule has 20 heavy (non-hydrogen) atoms. The van der Waals surface area contributed by atoms with Gasteiger partial charge in [0.15, 0.2) is 0 Å². The Balaban J connectivity index is 1.96. The topological polar surface area (TPSA) is 46.3 Å². The highest BCUT2D eigenvalue weighted by Gasteiger charge is 2.33. The van der Waals surface area contributed by atoms with Gasteiger partial charge in [-0.25, -0.2) is 0 Å². The first-order valence-electron chi connectivity index (χ1n) is 6.51. The van der Waals surface area contributed by atoms with E-state index >= 15 is 0 Å². The summed E-state index contributed by atoms with van der Waals surface area (Å²) in [6.07, 6.45) is 0. The van der Waals surface area contributed by atoms with Gasteiger partial charge in [0.05, 0.1) is 5.75 Å². The average molecular weight is 284 g/mol. The zero-order valence-electron chi connectivity index (χ0n) is 11.2. The molecule has 2 aromatic rings. The van der Waals surface area contributed by atoms with Crippen LogP contribution in [0.25, 0.3) is 0 Å². The number of thioether (sulfide) groups is 1. The maximum absolute atomic E-state index is 12.2. The maximum atomic E-state index is 12.2. The van der Waals surface area contributed by atoms with E-state index in [2.05, 4.69) is 0 Å². The summed E-state index contributed by atoms with van der Waals surface area (Å²) in [6, 6.07) is 15.8.